The van der Waals surface area contributed by atoms with Crippen molar-refractivity contribution >= 4 is 15.9 Å². The third-order valence-electron chi connectivity index (χ3n) is 1.98. The summed E-state index contributed by atoms with van der Waals surface area (Å²) >= 11 is 3.26. The van der Waals surface area contributed by atoms with Gasteiger partial charge in [-0.3, -0.25) is 0 Å². The summed E-state index contributed by atoms with van der Waals surface area (Å²) in [6, 6.07) is 6.27. The van der Waals surface area contributed by atoms with Crippen LogP contribution in [-0.2, 0) is 6.54 Å². The molecular weight excluding hydrogens is 275 g/mol. The lowest BCUT2D eigenvalue weighted by molar-refractivity contribution is 0.622. The number of halogens is 2. The van der Waals surface area contributed by atoms with Crippen molar-refractivity contribution in [3.8, 4) is 6.07 Å². The maximum absolute atomic E-state index is 12.8. The third-order valence-corrected chi connectivity index (χ3v) is 2.72. The van der Waals surface area contributed by atoms with E-state index in [9.17, 15) is 4.39 Å². The van der Waals surface area contributed by atoms with Crippen molar-refractivity contribution in [3.05, 3.63) is 46.2 Å². The lowest BCUT2D eigenvalue weighted by atomic mass is 10.2. The Morgan fingerprint density at radius 1 is 1.50 bits per heavy atom. The molecule has 1 aromatic carbocycles. The molecule has 0 bridgehead atoms. The molecule has 0 radical (unpaired) electrons. The highest BCUT2D eigenvalue weighted by Crippen LogP contribution is 2.18. The van der Waals surface area contributed by atoms with Crippen molar-refractivity contribution in [1.29, 1.82) is 5.26 Å². The van der Waals surface area contributed by atoms with Crippen LogP contribution in [0.3, 0.4) is 0 Å². The summed E-state index contributed by atoms with van der Waals surface area (Å²) in [5.41, 5.74) is 0.871. The highest BCUT2D eigenvalue weighted by atomic mass is 79.9. The molecule has 0 atom stereocenters. The predicted octanol–water partition coefficient (Wildman–Crippen LogP) is 2.10. The summed E-state index contributed by atoms with van der Waals surface area (Å²) in [4.78, 5) is 3.78. The molecule has 1 aromatic heterocycles. The van der Waals surface area contributed by atoms with Gasteiger partial charge in [-0.2, -0.15) is 5.26 Å². The number of nitrogens with zero attached hydrogens (tertiary/aromatic N) is 4. The molecule has 0 aliphatic rings. The number of benzene rings is 1. The van der Waals surface area contributed by atoms with Crippen LogP contribution in [0.25, 0.3) is 0 Å². The summed E-state index contributed by atoms with van der Waals surface area (Å²) in [7, 11) is 0. The van der Waals surface area contributed by atoms with Gasteiger partial charge in [0.2, 0.25) is 0 Å². The van der Waals surface area contributed by atoms with Gasteiger partial charge in [-0.1, -0.05) is 22.0 Å². The number of hydrogen-bond acceptors (Lipinski definition) is 3. The van der Waals surface area contributed by atoms with Crippen molar-refractivity contribution in [1.82, 2.24) is 14.8 Å². The monoisotopic (exact) mass is 280 g/mol. The van der Waals surface area contributed by atoms with Gasteiger partial charge in [-0.15, -0.1) is 5.10 Å². The fourth-order valence-electron chi connectivity index (χ4n) is 1.25. The van der Waals surface area contributed by atoms with Gasteiger partial charge >= 0.3 is 0 Å². The maximum atomic E-state index is 12.8. The Kier molecular flexibility index (Phi) is 2.97. The zero-order valence-electron chi connectivity index (χ0n) is 8.06. The lowest BCUT2D eigenvalue weighted by Crippen LogP contribution is -2.01. The van der Waals surface area contributed by atoms with Gasteiger partial charge in [-0.05, 0) is 17.7 Å². The Hall–Kier alpha value is -1.74. The average Bonchev–Trinajstić information content (AvgIpc) is 2.70. The quantitative estimate of drug-likeness (QED) is 0.847. The zero-order chi connectivity index (χ0) is 11.5. The van der Waals surface area contributed by atoms with E-state index < -0.39 is 0 Å². The number of rotatable bonds is 2. The number of aromatic nitrogens is 3. The smallest absolute Gasteiger partial charge is 0.247 e. The standard InChI is InChI=1S/C10H6BrFN4/c11-9-3-8(12)2-1-7(9)5-16-6-14-10(4-13)15-16/h1-3,6H,5H2. The minimum absolute atomic E-state index is 0.123. The number of nitriles is 1. The molecular formula is C10H6BrFN4. The first-order valence-corrected chi connectivity index (χ1v) is 5.22. The Labute approximate surface area is 99.5 Å². The Morgan fingerprint density at radius 2 is 2.31 bits per heavy atom. The van der Waals surface area contributed by atoms with Crippen molar-refractivity contribution in [2.75, 3.05) is 0 Å². The van der Waals surface area contributed by atoms with Crippen LogP contribution >= 0.6 is 15.9 Å². The first-order chi connectivity index (χ1) is 7.69. The zero-order valence-corrected chi connectivity index (χ0v) is 9.65. The van der Waals surface area contributed by atoms with Crippen molar-refractivity contribution < 1.29 is 4.39 Å². The van der Waals surface area contributed by atoms with Crippen LogP contribution < -0.4 is 0 Å². The Balaban J connectivity index is 2.24. The van der Waals surface area contributed by atoms with E-state index >= 15 is 0 Å². The van der Waals surface area contributed by atoms with Crippen molar-refractivity contribution in [2.45, 2.75) is 6.54 Å². The second-order valence-corrected chi connectivity index (χ2v) is 3.97. The largest absolute Gasteiger partial charge is 0.252 e. The molecule has 80 valence electrons. The maximum Gasteiger partial charge on any atom is 0.252 e. The minimum atomic E-state index is -0.299. The highest BCUT2D eigenvalue weighted by Gasteiger charge is 2.04. The van der Waals surface area contributed by atoms with Gasteiger partial charge in [0.25, 0.3) is 5.82 Å². The molecule has 0 N–H and O–H groups in total. The van der Waals surface area contributed by atoms with Crippen molar-refractivity contribution in [2.24, 2.45) is 0 Å². The van der Waals surface area contributed by atoms with E-state index in [4.69, 9.17) is 5.26 Å². The normalized spacial score (nSPS) is 10.1. The van der Waals surface area contributed by atoms with E-state index in [1.54, 1.807) is 6.07 Å². The summed E-state index contributed by atoms with van der Waals surface area (Å²) in [5.74, 6) is -0.176. The summed E-state index contributed by atoms with van der Waals surface area (Å²) in [6.07, 6.45) is 1.47. The predicted molar refractivity (Wildman–Crippen MR) is 57.9 cm³/mol. The first kappa shape index (κ1) is 10.8. The Morgan fingerprint density at radius 3 is 2.94 bits per heavy atom. The van der Waals surface area contributed by atoms with Gasteiger partial charge in [0, 0.05) is 4.47 Å². The second-order valence-electron chi connectivity index (χ2n) is 3.11. The van der Waals surface area contributed by atoms with Gasteiger partial charge < -0.3 is 0 Å². The molecule has 0 unspecified atom stereocenters. The van der Waals surface area contributed by atoms with Crippen LogP contribution in [0.4, 0.5) is 4.39 Å². The van der Waals surface area contributed by atoms with E-state index in [1.807, 2.05) is 6.07 Å². The molecule has 0 amide bonds. The fraction of sp³-hybridized carbons (Fsp3) is 0.100. The molecule has 2 aromatic rings. The number of hydrogen-bond donors (Lipinski definition) is 0. The lowest BCUT2D eigenvalue weighted by Gasteiger charge is -2.03. The van der Waals surface area contributed by atoms with Crippen LogP contribution in [0.1, 0.15) is 11.4 Å². The molecule has 0 saturated heterocycles. The summed E-state index contributed by atoms with van der Waals surface area (Å²) in [6.45, 7) is 0.440. The molecule has 0 spiro atoms. The van der Waals surface area contributed by atoms with Crippen LogP contribution in [-0.4, -0.2) is 14.8 Å². The van der Waals surface area contributed by atoms with E-state index in [0.717, 1.165) is 5.56 Å². The topological polar surface area (TPSA) is 54.5 Å². The van der Waals surface area contributed by atoms with Gasteiger partial charge in [-0.25, -0.2) is 14.1 Å². The van der Waals surface area contributed by atoms with E-state index in [0.29, 0.717) is 11.0 Å². The van der Waals surface area contributed by atoms with Crippen LogP contribution in [0, 0.1) is 17.1 Å². The van der Waals surface area contributed by atoms with E-state index in [1.165, 1.54) is 23.1 Å². The van der Waals surface area contributed by atoms with E-state index in [2.05, 4.69) is 26.0 Å². The average molecular weight is 281 g/mol. The van der Waals surface area contributed by atoms with Crippen LogP contribution in [0.15, 0.2) is 29.0 Å². The molecule has 2 rings (SSSR count). The van der Waals surface area contributed by atoms with Crippen molar-refractivity contribution in [3.63, 3.8) is 0 Å². The second kappa shape index (κ2) is 4.41. The molecule has 0 fully saturated rings. The van der Waals surface area contributed by atoms with Gasteiger partial charge in [0.05, 0.1) is 6.54 Å². The minimum Gasteiger partial charge on any atom is -0.247 e. The highest BCUT2D eigenvalue weighted by molar-refractivity contribution is 9.10. The molecule has 1 heterocycles. The molecule has 4 nitrogen and oxygen atoms in total. The molecule has 0 aliphatic carbocycles. The van der Waals surface area contributed by atoms with E-state index in [-0.39, 0.29) is 11.6 Å². The summed E-state index contributed by atoms with van der Waals surface area (Å²) in [5, 5.41) is 12.5. The van der Waals surface area contributed by atoms with Gasteiger partial charge in [0.1, 0.15) is 18.2 Å². The molecule has 16 heavy (non-hydrogen) atoms. The third kappa shape index (κ3) is 2.25. The molecule has 0 aliphatic heterocycles. The first-order valence-electron chi connectivity index (χ1n) is 4.42. The molecule has 0 saturated carbocycles. The fourth-order valence-corrected chi connectivity index (χ4v) is 1.72. The Bertz CT molecular complexity index is 558. The summed E-state index contributed by atoms with van der Waals surface area (Å²) < 4.78 is 15.0. The van der Waals surface area contributed by atoms with Crippen LogP contribution in [0.2, 0.25) is 0 Å². The molecule has 6 heteroatoms. The van der Waals surface area contributed by atoms with Crippen LogP contribution in [0.5, 0.6) is 0 Å². The van der Waals surface area contributed by atoms with Gasteiger partial charge in [0.15, 0.2) is 0 Å². The SMILES string of the molecule is N#Cc1ncn(Cc2ccc(F)cc2Br)n1.